The molecule has 0 aliphatic carbocycles. The molecule has 74 valence electrons. The quantitative estimate of drug-likeness (QED) is 0.453. The van der Waals surface area contributed by atoms with E-state index in [1.165, 1.54) is 21.1 Å². The highest BCUT2D eigenvalue weighted by atomic mass is 16.5. The highest BCUT2D eigenvalue weighted by molar-refractivity contribution is 6.35. The molecule has 0 bridgehead atoms. The Morgan fingerprint density at radius 1 is 1.17 bits per heavy atom. The minimum Gasteiger partial charge on any atom is -0.479 e. The second-order valence-electron chi connectivity index (χ2n) is 1.29. The van der Waals surface area contributed by atoms with Gasteiger partial charge in [-0.1, -0.05) is 27.7 Å². The van der Waals surface area contributed by atoms with Gasteiger partial charge in [-0.15, -0.1) is 0 Å². The molecule has 0 amide bonds. The number of hydrogen-bond donors (Lipinski definition) is 0. The number of rotatable bonds is 1. The monoisotopic (exact) mass is 175 g/mol. The summed E-state index contributed by atoms with van der Waals surface area (Å²) in [5, 5.41) is 0. The molecule has 0 aromatic heterocycles. The highest BCUT2D eigenvalue weighted by Crippen LogP contribution is 1.78. The van der Waals surface area contributed by atoms with Gasteiger partial charge in [0, 0.05) is 14.0 Å². The lowest BCUT2D eigenvalue weighted by Crippen LogP contribution is -2.11. The Balaban J connectivity index is -0.000000175. The predicted octanol–water partition coefficient (Wildman–Crippen LogP) is 2.30. The van der Waals surface area contributed by atoms with E-state index < -0.39 is 0 Å². The molecule has 0 spiro atoms. The van der Waals surface area contributed by atoms with Crippen molar-refractivity contribution in [2.45, 2.75) is 34.6 Å². The maximum absolute atomic E-state index is 10.4. The van der Waals surface area contributed by atoms with E-state index in [-0.39, 0.29) is 11.7 Å². The number of aliphatic imine (C=N–C) groups is 1. The van der Waals surface area contributed by atoms with Crippen molar-refractivity contribution in [2.24, 2.45) is 4.99 Å². The van der Waals surface area contributed by atoms with Gasteiger partial charge in [0.15, 0.2) is 0 Å². The maximum Gasteiger partial charge on any atom is 0.252 e. The summed E-state index contributed by atoms with van der Waals surface area (Å²) in [4.78, 5) is 13.9. The zero-order valence-electron chi connectivity index (χ0n) is 9.26. The predicted molar refractivity (Wildman–Crippen MR) is 53.7 cm³/mol. The number of hydrogen-bond acceptors (Lipinski definition) is 3. The molecular formula is C9H21NO2. The Kier molecular flexibility index (Phi) is 23.9. The van der Waals surface area contributed by atoms with Crippen LogP contribution in [0.3, 0.4) is 0 Å². The van der Waals surface area contributed by atoms with Crippen molar-refractivity contribution < 1.29 is 9.53 Å². The van der Waals surface area contributed by atoms with Gasteiger partial charge >= 0.3 is 0 Å². The van der Waals surface area contributed by atoms with E-state index in [0.717, 1.165) is 0 Å². The molecular weight excluding hydrogens is 154 g/mol. The van der Waals surface area contributed by atoms with Gasteiger partial charge in [0.25, 0.3) is 5.90 Å². The third kappa shape index (κ3) is 11.9. The summed E-state index contributed by atoms with van der Waals surface area (Å²) >= 11 is 0. The van der Waals surface area contributed by atoms with Crippen molar-refractivity contribution in [3.05, 3.63) is 0 Å². The average molecular weight is 175 g/mol. The second kappa shape index (κ2) is 16.6. The van der Waals surface area contributed by atoms with Gasteiger partial charge in [-0.25, -0.2) is 0 Å². The second-order valence-corrected chi connectivity index (χ2v) is 1.29. The fraction of sp³-hybridized carbons (Fsp3) is 0.778. The van der Waals surface area contributed by atoms with Crippen LogP contribution in [0.15, 0.2) is 4.99 Å². The largest absolute Gasteiger partial charge is 0.479 e. The molecule has 0 N–H and O–H groups in total. The first-order valence-corrected chi connectivity index (χ1v) is 4.24. The Morgan fingerprint density at radius 3 is 1.50 bits per heavy atom. The molecule has 0 saturated carbocycles. The summed E-state index contributed by atoms with van der Waals surface area (Å²) in [7, 11) is 2.93. The number of ether oxygens (including phenoxy) is 1. The SMILES string of the molecule is CC.CC.CN=C(OC)C(C)=O. The summed E-state index contributed by atoms with van der Waals surface area (Å²) in [5.74, 6) is 0.0278. The number of methoxy groups -OCH3 is 1. The van der Waals surface area contributed by atoms with E-state index in [0.29, 0.717) is 0 Å². The molecule has 0 aliphatic heterocycles. The van der Waals surface area contributed by atoms with E-state index in [9.17, 15) is 4.79 Å². The zero-order chi connectivity index (χ0) is 10.6. The number of Topliss-reactive ketones (excluding diaryl/α,β-unsaturated/α-hetero) is 1. The van der Waals surface area contributed by atoms with Gasteiger partial charge in [0.05, 0.1) is 7.11 Å². The number of ketones is 1. The van der Waals surface area contributed by atoms with Crippen LogP contribution in [-0.2, 0) is 9.53 Å². The maximum atomic E-state index is 10.4. The van der Waals surface area contributed by atoms with E-state index in [4.69, 9.17) is 0 Å². The van der Waals surface area contributed by atoms with Gasteiger partial charge in [0.1, 0.15) is 0 Å². The summed E-state index contributed by atoms with van der Waals surface area (Å²) < 4.78 is 4.56. The fourth-order valence-electron chi connectivity index (χ4n) is 0.392. The van der Waals surface area contributed by atoms with Crippen LogP contribution in [0.2, 0.25) is 0 Å². The Labute approximate surface area is 75.8 Å². The first kappa shape index (κ1) is 17.3. The van der Waals surface area contributed by atoms with Crippen LogP contribution in [0.5, 0.6) is 0 Å². The van der Waals surface area contributed by atoms with Gasteiger partial charge < -0.3 is 4.74 Å². The summed E-state index contributed by atoms with van der Waals surface area (Å²) in [6.07, 6.45) is 0. The first-order chi connectivity index (χ1) is 5.72. The number of nitrogens with zero attached hydrogens (tertiary/aromatic N) is 1. The molecule has 0 unspecified atom stereocenters. The molecule has 0 aromatic rings. The van der Waals surface area contributed by atoms with Crippen molar-refractivity contribution in [1.29, 1.82) is 0 Å². The summed E-state index contributed by atoms with van der Waals surface area (Å²) in [6, 6.07) is 0. The molecule has 12 heavy (non-hydrogen) atoms. The minimum absolute atomic E-state index is 0.144. The molecule has 0 heterocycles. The number of carbonyl (C=O) groups excluding carboxylic acids is 1. The van der Waals surface area contributed by atoms with Gasteiger partial charge in [-0.2, -0.15) is 0 Å². The highest BCUT2D eigenvalue weighted by Gasteiger charge is 2.00. The Morgan fingerprint density at radius 2 is 1.50 bits per heavy atom. The first-order valence-electron chi connectivity index (χ1n) is 4.24. The van der Waals surface area contributed by atoms with Crippen molar-refractivity contribution in [3.63, 3.8) is 0 Å². The van der Waals surface area contributed by atoms with Gasteiger partial charge in [-0.05, 0) is 0 Å². The Bertz CT molecular complexity index is 120. The third-order valence-electron chi connectivity index (χ3n) is 0.698. The fourth-order valence-corrected chi connectivity index (χ4v) is 0.392. The van der Waals surface area contributed by atoms with Crippen LogP contribution < -0.4 is 0 Å². The topological polar surface area (TPSA) is 38.7 Å². The van der Waals surface area contributed by atoms with E-state index in [1.54, 1.807) is 0 Å². The average Bonchev–Trinajstić information content (AvgIpc) is 2.13. The minimum atomic E-state index is -0.144. The molecule has 0 saturated heterocycles. The Hall–Kier alpha value is -0.860. The van der Waals surface area contributed by atoms with E-state index in [1.807, 2.05) is 27.7 Å². The molecule has 0 radical (unpaired) electrons. The standard InChI is InChI=1S/C5H9NO2.2C2H6/c1-4(7)5(6-2)8-3;2*1-2/h1-3H3;2*1-2H3. The van der Waals surface area contributed by atoms with Crippen LogP contribution in [0.4, 0.5) is 0 Å². The molecule has 0 fully saturated rings. The molecule has 3 heteroatoms. The smallest absolute Gasteiger partial charge is 0.252 e. The van der Waals surface area contributed by atoms with Crippen molar-refractivity contribution in [2.75, 3.05) is 14.2 Å². The molecule has 0 atom stereocenters. The lowest BCUT2D eigenvalue weighted by molar-refractivity contribution is -0.112. The van der Waals surface area contributed by atoms with Crippen molar-refractivity contribution in [3.8, 4) is 0 Å². The molecule has 3 nitrogen and oxygen atoms in total. The number of carbonyl (C=O) groups is 1. The van der Waals surface area contributed by atoms with Gasteiger partial charge in [0.2, 0.25) is 5.78 Å². The zero-order valence-corrected chi connectivity index (χ0v) is 9.26. The van der Waals surface area contributed by atoms with E-state index >= 15 is 0 Å². The molecule has 0 rings (SSSR count). The molecule has 0 aromatic carbocycles. The van der Waals surface area contributed by atoms with Crippen LogP contribution in [0.25, 0.3) is 0 Å². The van der Waals surface area contributed by atoms with Crippen LogP contribution >= 0.6 is 0 Å². The summed E-state index contributed by atoms with van der Waals surface area (Å²) in [6.45, 7) is 9.41. The normalized spacial score (nSPS) is 8.42. The van der Waals surface area contributed by atoms with Crippen molar-refractivity contribution >= 4 is 11.7 Å². The van der Waals surface area contributed by atoms with Crippen LogP contribution in [-0.4, -0.2) is 25.8 Å². The molecule has 0 aliphatic rings. The lowest BCUT2D eigenvalue weighted by atomic mass is 10.4. The summed E-state index contributed by atoms with van der Waals surface area (Å²) in [5.41, 5.74) is 0. The van der Waals surface area contributed by atoms with Gasteiger partial charge in [-0.3, -0.25) is 9.79 Å². The van der Waals surface area contributed by atoms with E-state index in [2.05, 4.69) is 9.73 Å². The van der Waals surface area contributed by atoms with Crippen molar-refractivity contribution in [1.82, 2.24) is 0 Å². The van der Waals surface area contributed by atoms with Crippen LogP contribution in [0, 0.1) is 0 Å². The van der Waals surface area contributed by atoms with Crippen LogP contribution in [0.1, 0.15) is 34.6 Å². The lowest BCUT2D eigenvalue weighted by Gasteiger charge is -1.94. The third-order valence-corrected chi connectivity index (χ3v) is 0.698.